The Morgan fingerprint density at radius 2 is 1.80 bits per heavy atom. The molecule has 0 saturated heterocycles. The Balaban J connectivity index is 0. The van der Waals surface area contributed by atoms with Crippen LogP contribution in [-0.2, 0) is 21.7 Å². The molecule has 0 atom stereocenters. The predicted molar refractivity (Wildman–Crippen MR) is 19.8 cm³/mol. The van der Waals surface area contributed by atoms with Crippen LogP contribution < -0.4 is 0 Å². The first kappa shape index (κ1) is 9.18. The van der Waals surface area contributed by atoms with Crippen LogP contribution in [0.5, 0.6) is 0 Å². The normalized spacial score (nSPS) is 6.00. The number of hydrogen-bond acceptors (Lipinski definition) is 0. The maximum absolute atomic E-state index is 3.74. The van der Waals surface area contributed by atoms with Crippen LogP contribution >= 0.6 is 0 Å². The Morgan fingerprint density at radius 3 is 1.80 bits per heavy atom. The first-order valence-electron chi connectivity index (χ1n) is 1.47. The van der Waals surface area contributed by atoms with Gasteiger partial charge in [0.25, 0.3) is 0 Å². The van der Waals surface area contributed by atoms with E-state index in [9.17, 15) is 0 Å². The molecule has 0 rings (SSSR count). The van der Waals surface area contributed by atoms with Crippen LogP contribution in [0.1, 0.15) is 6.92 Å². The van der Waals surface area contributed by atoms with Gasteiger partial charge in [0.15, 0.2) is 0 Å². The van der Waals surface area contributed by atoms with Gasteiger partial charge in [0, 0.05) is 21.7 Å². The van der Waals surface area contributed by atoms with Gasteiger partial charge in [-0.1, -0.05) is 6.92 Å². The fourth-order valence-electron chi connectivity index (χ4n) is 0. The second kappa shape index (κ2) is 8.82. The summed E-state index contributed by atoms with van der Waals surface area (Å²) in [5.41, 5.74) is 0. The first-order valence-corrected chi connectivity index (χ1v) is 1.47. The van der Waals surface area contributed by atoms with Gasteiger partial charge in [-0.15, -0.1) is 0 Å². The Labute approximate surface area is 48.0 Å². The molecule has 0 fully saturated rings. The van der Waals surface area contributed by atoms with Crippen LogP contribution in [-0.4, -0.2) is 13.6 Å². The van der Waals surface area contributed by atoms with Crippen molar-refractivity contribution in [2.45, 2.75) is 6.92 Å². The van der Waals surface area contributed by atoms with Gasteiger partial charge < -0.3 is 5.32 Å². The molecule has 0 aliphatic rings. The summed E-state index contributed by atoms with van der Waals surface area (Å²) < 4.78 is 0. The molecule has 0 bridgehead atoms. The van der Waals surface area contributed by atoms with Gasteiger partial charge in [0.2, 0.25) is 0 Å². The predicted octanol–water partition coefficient (Wildman–Crippen LogP) is 1.01. The zero-order valence-corrected chi connectivity index (χ0v) is 5.22. The molecule has 2 heteroatoms. The largest absolute Gasteiger partial charge is 0.665 e. The fourth-order valence-corrected chi connectivity index (χ4v) is 0. The first-order chi connectivity index (χ1) is 1.91. The topological polar surface area (TPSA) is 14.1 Å². The monoisotopic (exact) mass is 106 g/mol. The third-order valence-corrected chi connectivity index (χ3v) is 0.316. The number of hydrogen-bond donors (Lipinski definition) is 0. The standard InChI is InChI=1S/C3H8N.Ti/c1-3-4-2;/h3H2,1-2H3;/q-1;. The molecule has 0 saturated carbocycles. The zero-order chi connectivity index (χ0) is 3.41. The van der Waals surface area contributed by atoms with Crippen LogP contribution in [0.4, 0.5) is 0 Å². The second-order valence-corrected chi connectivity index (χ2v) is 0.632. The molecule has 0 heterocycles. The summed E-state index contributed by atoms with van der Waals surface area (Å²) in [6.07, 6.45) is 0. The van der Waals surface area contributed by atoms with Crippen molar-refractivity contribution in [2.24, 2.45) is 0 Å². The molecule has 5 heavy (non-hydrogen) atoms. The van der Waals surface area contributed by atoms with Gasteiger partial charge in [-0.25, -0.2) is 0 Å². The molecule has 0 aromatic carbocycles. The summed E-state index contributed by atoms with van der Waals surface area (Å²) >= 11 is 0. The van der Waals surface area contributed by atoms with Crippen molar-refractivity contribution < 1.29 is 21.7 Å². The van der Waals surface area contributed by atoms with E-state index in [0.29, 0.717) is 0 Å². The van der Waals surface area contributed by atoms with Crippen molar-refractivity contribution in [1.29, 1.82) is 0 Å². The average Bonchev–Trinajstić information content (AvgIpc) is 1.37. The van der Waals surface area contributed by atoms with Gasteiger partial charge in [-0.2, -0.15) is 13.6 Å². The van der Waals surface area contributed by atoms with E-state index in [-0.39, 0.29) is 21.7 Å². The minimum atomic E-state index is 0. The van der Waals surface area contributed by atoms with Crippen molar-refractivity contribution in [3.05, 3.63) is 5.32 Å². The van der Waals surface area contributed by atoms with Crippen LogP contribution in [0.3, 0.4) is 0 Å². The van der Waals surface area contributed by atoms with Gasteiger partial charge in [-0.3, -0.25) is 0 Å². The summed E-state index contributed by atoms with van der Waals surface area (Å²) in [4.78, 5) is 0. The van der Waals surface area contributed by atoms with Crippen molar-refractivity contribution in [3.8, 4) is 0 Å². The molecule has 0 amide bonds. The van der Waals surface area contributed by atoms with Crippen molar-refractivity contribution in [3.63, 3.8) is 0 Å². The molecular weight excluding hydrogens is 97.9 g/mol. The zero-order valence-electron chi connectivity index (χ0n) is 3.65. The summed E-state index contributed by atoms with van der Waals surface area (Å²) in [5, 5.41) is 3.74. The molecule has 0 spiro atoms. The van der Waals surface area contributed by atoms with Crippen LogP contribution in [0.25, 0.3) is 5.32 Å². The Bertz CT molecular complexity index is 8.85. The van der Waals surface area contributed by atoms with Gasteiger partial charge in [-0.05, 0) is 0 Å². The average molecular weight is 106 g/mol. The van der Waals surface area contributed by atoms with Crippen LogP contribution in [0, 0.1) is 0 Å². The molecule has 0 aromatic rings. The van der Waals surface area contributed by atoms with E-state index in [1.54, 1.807) is 7.05 Å². The van der Waals surface area contributed by atoms with Gasteiger partial charge in [0.1, 0.15) is 0 Å². The smallest absolute Gasteiger partial charge is 0 e. The quantitative estimate of drug-likeness (QED) is 0.443. The van der Waals surface area contributed by atoms with Crippen molar-refractivity contribution in [2.75, 3.05) is 13.6 Å². The number of nitrogens with zero attached hydrogens (tertiary/aromatic N) is 1. The molecule has 0 aliphatic heterocycles. The summed E-state index contributed by atoms with van der Waals surface area (Å²) in [6, 6.07) is 0. The summed E-state index contributed by atoms with van der Waals surface area (Å²) in [7, 11) is 1.81. The van der Waals surface area contributed by atoms with Crippen LogP contribution in [0.2, 0.25) is 0 Å². The van der Waals surface area contributed by atoms with Gasteiger partial charge >= 0.3 is 0 Å². The Hall–Kier alpha value is 0.674. The van der Waals surface area contributed by atoms with E-state index in [2.05, 4.69) is 5.32 Å². The SMILES string of the molecule is CC[N-]C.[Ti]. The maximum atomic E-state index is 3.74. The molecule has 0 aliphatic carbocycles. The van der Waals surface area contributed by atoms with E-state index in [1.165, 1.54) is 0 Å². The molecule has 0 N–H and O–H groups in total. The molecule has 0 aromatic heterocycles. The van der Waals surface area contributed by atoms with E-state index < -0.39 is 0 Å². The van der Waals surface area contributed by atoms with Crippen molar-refractivity contribution in [1.82, 2.24) is 0 Å². The molecular formula is C3H8NTi-. The molecule has 0 unspecified atom stereocenters. The van der Waals surface area contributed by atoms with Crippen LogP contribution in [0.15, 0.2) is 0 Å². The molecule has 1 nitrogen and oxygen atoms in total. The summed E-state index contributed by atoms with van der Waals surface area (Å²) in [6.45, 7) is 2.96. The van der Waals surface area contributed by atoms with E-state index in [1.807, 2.05) is 6.92 Å². The molecule has 0 radical (unpaired) electrons. The minimum absolute atomic E-state index is 0. The molecule has 30 valence electrons. The van der Waals surface area contributed by atoms with E-state index in [4.69, 9.17) is 0 Å². The fraction of sp³-hybridized carbons (Fsp3) is 1.00. The van der Waals surface area contributed by atoms with Gasteiger partial charge in [0.05, 0.1) is 0 Å². The third kappa shape index (κ3) is 11.9. The summed E-state index contributed by atoms with van der Waals surface area (Å²) in [5.74, 6) is 0. The maximum Gasteiger partial charge on any atom is 0 e. The van der Waals surface area contributed by atoms with Crippen molar-refractivity contribution >= 4 is 0 Å². The third-order valence-electron chi connectivity index (χ3n) is 0.316. The van der Waals surface area contributed by atoms with E-state index >= 15 is 0 Å². The minimum Gasteiger partial charge on any atom is -0.665 e. The second-order valence-electron chi connectivity index (χ2n) is 0.632. The van der Waals surface area contributed by atoms with E-state index in [0.717, 1.165) is 6.54 Å². The number of rotatable bonds is 1. The Kier molecular flexibility index (Phi) is 16.2. The Morgan fingerprint density at radius 1 is 1.60 bits per heavy atom.